The van der Waals surface area contributed by atoms with Crippen LogP contribution in [0.4, 0.5) is 0 Å². The Morgan fingerprint density at radius 3 is 2.53 bits per heavy atom. The van der Waals surface area contributed by atoms with E-state index < -0.39 is 11.9 Å². The van der Waals surface area contributed by atoms with Crippen LogP contribution in [0, 0.1) is 5.92 Å². The average Bonchev–Trinajstić information content (AvgIpc) is 2.36. The maximum absolute atomic E-state index is 11.7. The van der Waals surface area contributed by atoms with Crippen LogP contribution in [0.1, 0.15) is 24.2 Å². The zero-order chi connectivity index (χ0) is 14.4. The largest absolute Gasteiger partial charge is 0.464 e. The van der Waals surface area contributed by atoms with Crippen LogP contribution in [-0.4, -0.2) is 25.0 Å². The van der Waals surface area contributed by atoms with Gasteiger partial charge in [0.1, 0.15) is 6.54 Å². The number of hydrogen-bond donors (Lipinski definition) is 1. The van der Waals surface area contributed by atoms with Crippen LogP contribution in [0.5, 0.6) is 0 Å². The third kappa shape index (κ3) is 5.49. The van der Waals surface area contributed by atoms with E-state index in [0.29, 0.717) is 17.2 Å². The van der Waals surface area contributed by atoms with Crippen LogP contribution < -0.4 is 5.32 Å². The topological polar surface area (TPSA) is 55.4 Å². The molecule has 0 radical (unpaired) electrons. The van der Waals surface area contributed by atoms with Crippen LogP contribution in [0.2, 0.25) is 10.0 Å². The van der Waals surface area contributed by atoms with Gasteiger partial charge in [-0.3, -0.25) is 9.59 Å². The van der Waals surface area contributed by atoms with Crippen LogP contribution in [0.25, 0.3) is 0 Å². The number of rotatable bonds is 5. The van der Waals surface area contributed by atoms with Crippen molar-refractivity contribution < 1.29 is 14.3 Å². The average molecular weight is 304 g/mol. The lowest BCUT2D eigenvalue weighted by atomic mass is 10.2. The van der Waals surface area contributed by atoms with E-state index in [0.717, 1.165) is 0 Å². The highest BCUT2D eigenvalue weighted by atomic mass is 35.5. The molecule has 0 aliphatic rings. The molecule has 0 heterocycles. The molecule has 0 unspecified atom stereocenters. The van der Waals surface area contributed by atoms with Crippen molar-refractivity contribution in [2.45, 2.75) is 13.8 Å². The zero-order valence-electron chi connectivity index (χ0n) is 10.7. The summed E-state index contributed by atoms with van der Waals surface area (Å²) in [6, 6.07) is 4.50. The van der Waals surface area contributed by atoms with E-state index in [1.807, 2.05) is 13.8 Å². The maximum atomic E-state index is 11.7. The predicted octanol–water partition coefficient (Wildman–Crippen LogP) is 2.92. The van der Waals surface area contributed by atoms with E-state index >= 15 is 0 Å². The summed E-state index contributed by atoms with van der Waals surface area (Å²) in [5.41, 5.74) is 0.339. The SMILES string of the molecule is CC(C)COC(=O)CNC(=O)c1ccc(Cl)c(Cl)c1. The Hall–Kier alpha value is -1.26. The van der Waals surface area contributed by atoms with Crippen molar-refractivity contribution in [3.8, 4) is 0 Å². The predicted molar refractivity (Wildman–Crippen MR) is 74.6 cm³/mol. The number of carbonyl (C=O) groups excluding carboxylic acids is 2. The third-order valence-corrected chi connectivity index (χ3v) is 2.89. The molecular formula is C13H15Cl2NO3. The van der Waals surface area contributed by atoms with Gasteiger partial charge in [-0.2, -0.15) is 0 Å². The number of hydrogen-bond acceptors (Lipinski definition) is 3. The number of carbonyl (C=O) groups is 2. The molecule has 0 bridgehead atoms. The highest BCUT2D eigenvalue weighted by molar-refractivity contribution is 6.42. The fraction of sp³-hybridized carbons (Fsp3) is 0.385. The smallest absolute Gasteiger partial charge is 0.325 e. The first kappa shape index (κ1) is 15.8. The van der Waals surface area contributed by atoms with E-state index in [2.05, 4.69) is 5.32 Å². The van der Waals surface area contributed by atoms with E-state index in [9.17, 15) is 9.59 Å². The minimum absolute atomic E-state index is 0.175. The molecule has 0 aliphatic heterocycles. The van der Waals surface area contributed by atoms with Gasteiger partial charge >= 0.3 is 5.97 Å². The first-order chi connectivity index (χ1) is 8.90. The Morgan fingerprint density at radius 1 is 1.26 bits per heavy atom. The number of nitrogens with one attached hydrogen (secondary N) is 1. The van der Waals surface area contributed by atoms with Crippen molar-refractivity contribution in [1.82, 2.24) is 5.32 Å². The summed E-state index contributed by atoms with van der Waals surface area (Å²) in [6.45, 7) is 4.02. The van der Waals surface area contributed by atoms with Gasteiger partial charge < -0.3 is 10.1 Å². The van der Waals surface area contributed by atoms with Gasteiger partial charge in [0.2, 0.25) is 0 Å². The van der Waals surface area contributed by atoms with Crippen molar-refractivity contribution in [1.29, 1.82) is 0 Å². The number of ether oxygens (including phenoxy) is 1. The van der Waals surface area contributed by atoms with Crippen LogP contribution in [0.15, 0.2) is 18.2 Å². The Labute approximate surface area is 122 Å². The zero-order valence-corrected chi connectivity index (χ0v) is 12.2. The van der Waals surface area contributed by atoms with Crippen LogP contribution in [0.3, 0.4) is 0 Å². The molecule has 1 rings (SSSR count). The summed E-state index contributed by atoms with van der Waals surface area (Å²) in [6.07, 6.45) is 0. The fourth-order valence-corrected chi connectivity index (χ4v) is 1.50. The Bertz CT molecular complexity index is 475. The van der Waals surface area contributed by atoms with E-state index in [1.54, 1.807) is 0 Å². The lowest BCUT2D eigenvalue weighted by Crippen LogP contribution is -2.31. The van der Waals surface area contributed by atoms with E-state index in [1.165, 1.54) is 18.2 Å². The molecule has 4 nitrogen and oxygen atoms in total. The van der Waals surface area contributed by atoms with Gasteiger partial charge in [0, 0.05) is 5.56 Å². The molecule has 0 aliphatic carbocycles. The van der Waals surface area contributed by atoms with Gasteiger partial charge in [0.25, 0.3) is 5.91 Å². The van der Waals surface area contributed by atoms with Crippen molar-refractivity contribution in [3.05, 3.63) is 33.8 Å². The monoisotopic (exact) mass is 303 g/mol. The molecule has 1 N–H and O–H groups in total. The minimum atomic E-state index is -0.470. The molecular weight excluding hydrogens is 289 g/mol. The minimum Gasteiger partial charge on any atom is -0.464 e. The second-order valence-electron chi connectivity index (χ2n) is 4.39. The highest BCUT2D eigenvalue weighted by Gasteiger charge is 2.10. The first-order valence-electron chi connectivity index (χ1n) is 5.79. The maximum Gasteiger partial charge on any atom is 0.325 e. The molecule has 104 valence electrons. The first-order valence-corrected chi connectivity index (χ1v) is 6.54. The third-order valence-electron chi connectivity index (χ3n) is 2.15. The summed E-state index contributed by atoms with van der Waals surface area (Å²) in [5, 5.41) is 3.11. The molecule has 0 saturated heterocycles. The summed E-state index contributed by atoms with van der Waals surface area (Å²) < 4.78 is 4.93. The van der Waals surface area contributed by atoms with Gasteiger partial charge in [0.15, 0.2) is 0 Å². The van der Waals surface area contributed by atoms with Crippen molar-refractivity contribution in [2.24, 2.45) is 5.92 Å². The molecule has 0 atom stereocenters. The van der Waals surface area contributed by atoms with Crippen molar-refractivity contribution in [2.75, 3.05) is 13.2 Å². The molecule has 0 spiro atoms. The molecule has 0 saturated carbocycles. The van der Waals surface area contributed by atoms with E-state index in [4.69, 9.17) is 27.9 Å². The molecule has 1 aromatic carbocycles. The van der Waals surface area contributed by atoms with Crippen LogP contribution in [-0.2, 0) is 9.53 Å². The van der Waals surface area contributed by atoms with Gasteiger partial charge in [0.05, 0.1) is 16.7 Å². The van der Waals surface area contributed by atoms with Gasteiger partial charge in [-0.25, -0.2) is 0 Å². The Morgan fingerprint density at radius 2 is 1.95 bits per heavy atom. The molecule has 0 fully saturated rings. The number of amides is 1. The summed E-state index contributed by atoms with van der Waals surface area (Å²) in [5.74, 6) is -0.614. The molecule has 1 aromatic rings. The Balaban J connectivity index is 2.47. The highest BCUT2D eigenvalue weighted by Crippen LogP contribution is 2.22. The van der Waals surface area contributed by atoms with E-state index in [-0.39, 0.29) is 17.5 Å². The van der Waals surface area contributed by atoms with Gasteiger partial charge in [-0.05, 0) is 24.1 Å². The van der Waals surface area contributed by atoms with Gasteiger partial charge in [-0.15, -0.1) is 0 Å². The number of halogens is 2. The molecule has 1 amide bonds. The lowest BCUT2D eigenvalue weighted by molar-refractivity contribution is -0.143. The summed E-state index contributed by atoms with van der Waals surface area (Å²) in [7, 11) is 0. The quantitative estimate of drug-likeness (QED) is 0.851. The molecule has 19 heavy (non-hydrogen) atoms. The normalized spacial score (nSPS) is 10.4. The lowest BCUT2D eigenvalue weighted by Gasteiger charge is -2.08. The summed E-state index contributed by atoms with van der Waals surface area (Å²) >= 11 is 11.5. The number of benzene rings is 1. The summed E-state index contributed by atoms with van der Waals surface area (Å²) in [4.78, 5) is 23.1. The Kier molecular flexibility index (Phi) is 6.12. The second kappa shape index (κ2) is 7.36. The van der Waals surface area contributed by atoms with Gasteiger partial charge in [-0.1, -0.05) is 37.0 Å². The van der Waals surface area contributed by atoms with Crippen molar-refractivity contribution in [3.63, 3.8) is 0 Å². The fourth-order valence-electron chi connectivity index (χ4n) is 1.20. The standard InChI is InChI=1S/C13H15Cl2NO3/c1-8(2)7-19-12(17)6-16-13(18)9-3-4-10(14)11(15)5-9/h3-5,8H,6-7H2,1-2H3,(H,16,18). The second-order valence-corrected chi connectivity index (χ2v) is 5.20. The van der Waals surface area contributed by atoms with Crippen molar-refractivity contribution >= 4 is 35.1 Å². The molecule has 0 aromatic heterocycles. The molecule has 6 heteroatoms. The van der Waals surface area contributed by atoms with Crippen LogP contribution >= 0.6 is 23.2 Å². The number of esters is 1.